The standard InChI is InChI=1S/C22H20ClFN4O4/c23-21-18(2-1-9-25-21)31-16-7-10-28(11-8-16)20(29)13-26-22(30)17-12-19(32-27-17)14-3-5-15(24)6-4-14/h1-6,9,12,16H,7-8,10-11,13H2,(H,26,30). The number of carbonyl (C=O) groups excluding carboxylic acids is 2. The van der Waals surface area contributed by atoms with Gasteiger partial charge < -0.3 is 19.5 Å². The molecule has 0 radical (unpaired) electrons. The number of ether oxygens (including phenoxy) is 1. The molecule has 1 aromatic carbocycles. The first-order valence-electron chi connectivity index (χ1n) is 10.1. The molecule has 2 aromatic heterocycles. The number of rotatable bonds is 6. The molecular formula is C22H20ClFN4O4. The molecule has 0 atom stereocenters. The van der Waals surface area contributed by atoms with Gasteiger partial charge in [-0.1, -0.05) is 16.8 Å². The number of piperidine rings is 1. The van der Waals surface area contributed by atoms with Crippen LogP contribution >= 0.6 is 11.6 Å². The van der Waals surface area contributed by atoms with Gasteiger partial charge in [0.15, 0.2) is 22.4 Å². The molecule has 2 amide bonds. The van der Waals surface area contributed by atoms with Gasteiger partial charge in [-0.2, -0.15) is 0 Å². The highest BCUT2D eigenvalue weighted by Crippen LogP contribution is 2.25. The lowest BCUT2D eigenvalue weighted by Gasteiger charge is -2.32. The van der Waals surface area contributed by atoms with E-state index in [-0.39, 0.29) is 30.1 Å². The van der Waals surface area contributed by atoms with Crippen molar-refractivity contribution in [3.05, 3.63) is 65.3 Å². The van der Waals surface area contributed by atoms with E-state index in [0.717, 1.165) is 0 Å². The first-order chi connectivity index (χ1) is 15.5. The van der Waals surface area contributed by atoms with Crippen molar-refractivity contribution in [2.75, 3.05) is 19.6 Å². The third kappa shape index (κ3) is 5.23. The highest BCUT2D eigenvalue weighted by molar-refractivity contribution is 6.30. The van der Waals surface area contributed by atoms with Gasteiger partial charge in [0.05, 0.1) is 6.54 Å². The quantitative estimate of drug-likeness (QED) is 0.569. The normalized spacial score (nSPS) is 14.2. The predicted molar refractivity (Wildman–Crippen MR) is 114 cm³/mol. The van der Waals surface area contributed by atoms with Gasteiger partial charge in [0.1, 0.15) is 11.9 Å². The van der Waals surface area contributed by atoms with Crippen molar-refractivity contribution in [3.8, 4) is 17.1 Å². The highest BCUT2D eigenvalue weighted by Gasteiger charge is 2.25. The van der Waals surface area contributed by atoms with Crippen molar-refractivity contribution < 1.29 is 23.2 Å². The van der Waals surface area contributed by atoms with Crippen LogP contribution in [0.1, 0.15) is 23.3 Å². The number of nitrogens with one attached hydrogen (secondary N) is 1. The summed E-state index contributed by atoms with van der Waals surface area (Å²) < 4.78 is 24.1. The van der Waals surface area contributed by atoms with Gasteiger partial charge in [-0.25, -0.2) is 9.37 Å². The summed E-state index contributed by atoms with van der Waals surface area (Å²) in [7, 11) is 0. The number of aromatic nitrogens is 2. The summed E-state index contributed by atoms with van der Waals surface area (Å²) in [5.41, 5.74) is 0.629. The van der Waals surface area contributed by atoms with Crippen molar-refractivity contribution in [2.45, 2.75) is 18.9 Å². The number of halogens is 2. The van der Waals surface area contributed by atoms with Crippen molar-refractivity contribution in [3.63, 3.8) is 0 Å². The van der Waals surface area contributed by atoms with Gasteiger partial charge in [0.25, 0.3) is 5.91 Å². The van der Waals surface area contributed by atoms with Gasteiger partial charge >= 0.3 is 0 Å². The number of nitrogens with zero attached hydrogens (tertiary/aromatic N) is 3. The maximum absolute atomic E-state index is 13.0. The molecule has 0 bridgehead atoms. The van der Waals surface area contributed by atoms with Crippen LogP contribution < -0.4 is 10.1 Å². The summed E-state index contributed by atoms with van der Waals surface area (Å²) in [5.74, 6) is -0.240. The average molecular weight is 459 g/mol. The Morgan fingerprint density at radius 1 is 1.22 bits per heavy atom. The minimum absolute atomic E-state index is 0.0394. The maximum atomic E-state index is 13.0. The molecule has 166 valence electrons. The fraction of sp³-hybridized carbons (Fsp3) is 0.273. The first-order valence-corrected chi connectivity index (χ1v) is 10.4. The lowest BCUT2D eigenvalue weighted by molar-refractivity contribution is -0.131. The fourth-order valence-corrected chi connectivity index (χ4v) is 3.52. The molecule has 3 heterocycles. The van der Waals surface area contributed by atoms with Gasteiger partial charge in [-0.15, -0.1) is 0 Å². The van der Waals surface area contributed by atoms with E-state index in [9.17, 15) is 14.0 Å². The zero-order chi connectivity index (χ0) is 22.5. The Balaban J connectivity index is 1.24. The Hall–Kier alpha value is -3.46. The second-order valence-electron chi connectivity index (χ2n) is 7.26. The highest BCUT2D eigenvalue weighted by atomic mass is 35.5. The third-order valence-corrected chi connectivity index (χ3v) is 5.37. The van der Waals surface area contributed by atoms with Crippen LogP contribution in [0.15, 0.2) is 53.2 Å². The minimum atomic E-state index is -0.528. The Kier molecular flexibility index (Phi) is 6.65. The molecule has 8 nitrogen and oxygen atoms in total. The molecule has 0 saturated carbocycles. The van der Waals surface area contributed by atoms with E-state index in [2.05, 4.69) is 15.5 Å². The van der Waals surface area contributed by atoms with E-state index in [0.29, 0.717) is 48.2 Å². The molecule has 0 aliphatic carbocycles. The van der Waals surface area contributed by atoms with Crippen molar-refractivity contribution in [2.24, 2.45) is 0 Å². The minimum Gasteiger partial charge on any atom is -0.487 e. The number of amides is 2. The van der Waals surface area contributed by atoms with Gasteiger partial charge in [-0.3, -0.25) is 9.59 Å². The summed E-state index contributed by atoms with van der Waals surface area (Å²) in [4.78, 5) is 30.4. The first kappa shape index (κ1) is 21.8. The summed E-state index contributed by atoms with van der Waals surface area (Å²) in [6.07, 6.45) is 2.83. The van der Waals surface area contributed by atoms with Crippen LogP contribution in [-0.2, 0) is 4.79 Å². The summed E-state index contributed by atoms with van der Waals surface area (Å²) in [5, 5.41) is 6.59. The molecule has 0 unspecified atom stereocenters. The number of hydrogen-bond donors (Lipinski definition) is 1. The van der Waals surface area contributed by atoms with E-state index in [1.807, 2.05) is 0 Å². The van der Waals surface area contributed by atoms with Crippen LogP contribution in [0.3, 0.4) is 0 Å². The number of benzene rings is 1. The lowest BCUT2D eigenvalue weighted by Crippen LogP contribution is -2.46. The molecule has 1 aliphatic heterocycles. The fourth-order valence-electron chi connectivity index (χ4n) is 3.35. The molecule has 1 saturated heterocycles. The van der Waals surface area contributed by atoms with Crippen LogP contribution in [0.25, 0.3) is 11.3 Å². The largest absolute Gasteiger partial charge is 0.487 e. The van der Waals surface area contributed by atoms with Crippen LogP contribution in [0.2, 0.25) is 5.15 Å². The molecule has 1 N–H and O–H groups in total. The monoisotopic (exact) mass is 458 g/mol. The average Bonchev–Trinajstić information content (AvgIpc) is 3.30. The van der Waals surface area contributed by atoms with Gasteiger partial charge in [0, 0.05) is 43.8 Å². The van der Waals surface area contributed by atoms with E-state index in [1.165, 1.54) is 30.3 Å². The molecule has 4 rings (SSSR count). The molecule has 32 heavy (non-hydrogen) atoms. The van der Waals surface area contributed by atoms with Crippen LogP contribution in [-0.4, -0.2) is 52.6 Å². The lowest BCUT2D eigenvalue weighted by atomic mass is 10.1. The molecule has 10 heteroatoms. The summed E-state index contributed by atoms with van der Waals surface area (Å²) in [6.45, 7) is 0.864. The smallest absolute Gasteiger partial charge is 0.273 e. The number of hydrogen-bond acceptors (Lipinski definition) is 6. The zero-order valence-corrected chi connectivity index (χ0v) is 17.7. The van der Waals surface area contributed by atoms with Crippen molar-refractivity contribution in [1.82, 2.24) is 20.4 Å². The Morgan fingerprint density at radius 2 is 1.97 bits per heavy atom. The predicted octanol–water partition coefficient (Wildman–Crippen LogP) is 3.33. The second kappa shape index (κ2) is 9.78. The van der Waals surface area contributed by atoms with Crippen LogP contribution in [0.4, 0.5) is 4.39 Å². The Bertz CT molecular complexity index is 1100. The SMILES string of the molecule is O=C(NCC(=O)N1CCC(Oc2cccnc2Cl)CC1)c1cc(-c2ccc(F)cc2)on1. The van der Waals surface area contributed by atoms with E-state index in [4.69, 9.17) is 20.9 Å². The second-order valence-corrected chi connectivity index (χ2v) is 7.61. The molecule has 1 aliphatic rings. The molecule has 1 fully saturated rings. The van der Waals surface area contributed by atoms with E-state index in [1.54, 1.807) is 23.2 Å². The zero-order valence-electron chi connectivity index (χ0n) is 17.0. The Labute approximate surface area is 188 Å². The molecule has 0 spiro atoms. The number of carbonyl (C=O) groups is 2. The van der Waals surface area contributed by atoms with Gasteiger partial charge in [0.2, 0.25) is 5.91 Å². The van der Waals surface area contributed by atoms with Gasteiger partial charge in [-0.05, 0) is 36.4 Å². The van der Waals surface area contributed by atoms with E-state index < -0.39 is 5.91 Å². The topological polar surface area (TPSA) is 97.6 Å². The van der Waals surface area contributed by atoms with Crippen LogP contribution in [0.5, 0.6) is 5.75 Å². The van der Waals surface area contributed by atoms with Crippen LogP contribution in [0, 0.1) is 5.82 Å². The third-order valence-electron chi connectivity index (χ3n) is 5.08. The number of pyridine rings is 1. The van der Waals surface area contributed by atoms with Crippen molar-refractivity contribution >= 4 is 23.4 Å². The maximum Gasteiger partial charge on any atom is 0.273 e. The summed E-state index contributed by atoms with van der Waals surface area (Å²) in [6, 6.07) is 10.6. The van der Waals surface area contributed by atoms with E-state index >= 15 is 0 Å². The van der Waals surface area contributed by atoms with Crippen molar-refractivity contribution in [1.29, 1.82) is 0 Å². The Morgan fingerprint density at radius 3 is 2.69 bits per heavy atom. The molecular weight excluding hydrogens is 439 g/mol. The molecule has 3 aromatic rings. The summed E-state index contributed by atoms with van der Waals surface area (Å²) >= 11 is 6.02. The number of likely N-dealkylation sites (tertiary alicyclic amines) is 1.